The Labute approximate surface area is 119 Å². The van der Waals surface area contributed by atoms with Gasteiger partial charge in [-0.05, 0) is 19.8 Å². The van der Waals surface area contributed by atoms with Crippen molar-refractivity contribution in [3.8, 4) is 0 Å². The summed E-state index contributed by atoms with van der Waals surface area (Å²) < 4.78 is 4.69. The molecule has 0 bridgehead atoms. The molecule has 1 aliphatic carbocycles. The van der Waals surface area contributed by atoms with E-state index < -0.39 is 23.3 Å². The van der Waals surface area contributed by atoms with E-state index in [-0.39, 0.29) is 12.3 Å². The molecule has 2 rings (SSSR count). The zero-order valence-electron chi connectivity index (χ0n) is 12.4. The number of aliphatic hydroxyl groups is 1. The number of likely N-dealkylation sites (N-methyl/N-ethyl adjacent to an activating group) is 1. The average Bonchev–Trinajstić information content (AvgIpc) is 2.44. The van der Waals surface area contributed by atoms with Crippen LogP contribution in [0.15, 0.2) is 0 Å². The summed E-state index contributed by atoms with van der Waals surface area (Å²) in [6.45, 7) is 1.56. The van der Waals surface area contributed by atoms with E-state index in [4.69, 9.17) is 4.74 Å². The summed E-state index contributed by atoms with van der Waals surface area (Å²) in [6, 6.07) is -0.518. The zero-order chi connectivity index (χ0) is 15.0. The van der Waals surface area contributed by atoms with Gasteiger partial charge in [-0.3, -0.25) is 14.9 Å². The lowest BCUT2D eigenvalue weighted by Crippen LogP contribution is -2.76. The van der Waals surface area contributed by atoms with Crippen LogP contribution < -0.4 is 5.32 Å². The van der Waals surface area contributed by atoms with E-state index in [1.54, 1.807) is 14.0 Å². The molecule has 114 valence electrons. The molecule has 0 aromatic rings. The third-order valence-corrected chi connectivity index (χ3v) is 4.81. The minimum atomic E-state index is -1.39. The van der Waals surface area contributed by atoms with Crippen molar-refractivity contribution in [1.82, 2.24) is 10.2 Å². The van der Waals surface area contributed by atoms with Crippen LogP contribution in [0.1, 0.15) is 45.4 Å². The summed E-state index contributed by atoms with van der Waals surface area (Å²) in [4.78, 5) is 25.5. The Kier molecular flexibility index (Phi) is 4.07. The lowest BCUT2D eigenvalue weighted by atomic mass is 9.76. The normalized spacial score (nSPS) is 33.3. The predicted octanol–water partition coefficient (Wildman–Crippen LogP) is 0.391. The van der Waals surface area contributed by atoms with E-state index in [0.29, 0.717) is 0 Å². The first-order chi connectivity index (χ1) is 9.33. The van der Waals surface area contributed by atoms with Crippen molar-refractivity contribution in [3.05, 3.63) is 0 Å². The van der Waals surface area contributed by atoms with Crippen LogP contribution in [0, 0.1) is 0 Å². The van der Waals surface area contributed by atoms with Crippen LogP contribution in [-0.2, 0) is 14.3 Å². The maximum atomic E-state index is 12.6. The van der Waals surface area contributed by atoms with Crippen LogP contribution in [0.5, 0.6) is 0 Å². The van der Waals surface area contributed by atoms with E-state index in [1.807, 2.05) is 0 Å². The third-order valence-electron chi connectivity index (χ3n) is 4.81. The van der Waals surface area contributed by atoms with Crippen LogP contribution >= 0.6 is 0 Å². The molecule has 0 aromatic heterocycles. The highest BCUT2D eigenvalue weighted by Gasteiger charge is 2.55. The smallest absolute Gasteiger partial charge is 0.307 e. The predicted molar refractivity (Wildman–Crippen MR) is 72.8 cm³/mol. The van der Waals surface area contributed by atoms with Crippen LogP contribution in [0.3, 0.4) is 0 Å². The van der Waals surface area contributed by atoms with Gasteiger partial charge in [0.25, 0.3) is 0 Å². The molecule has 1 spiro atoms. The summed E-state index contributed by atoms with van der Waals surface area (Å²) in [5.41, 5.74) is -2.03. The van der Waals surface area contributed by atoms with Gasteiger partial charge in [-0.15, -0.1) is 0 Å². The highest BCUT2D eigenvalue weighted by molar-refractivity contribution is 5.88. The molecule has 0 unspecified atom stereocenters. The van der Waals surface area contributed by atoms with Crippen LogP contribution in [0.4, 0.5) is 0 Å². The first-order valence-electron chi connectivity index (χ1n) is 7.18. The van der Waals surface area contributed by atoms with Crippen molar-refractivity contribution in [3.63, 3.8) is 0 Å². The number of ether oxygens (including phenoxy) is 1. The number of rotatable bonds is 2. The number of nitrogens with one attached hydrogen (secondary N) is 1. The standard InChI is InChI=1S/C14H24N2O4/c1-13(19)10(9-11(17)20-3)15-14(12(18)16(13)2)7-5-4-6-8-14/h10,15,19H,4-9H2,1-3H3/t10-,13-/m0/s1. The molecule has 6 nitrogen and oxygen atoms in total. The molecule has 1 saturated carbocycles. The number of amides is 1. The van der Waals surface area contributed by atoms with Crippen molar-refractivity contribution in [2.45, 2.75) is 62.8 Å². The number of hydrogen-bond acceptors (Lipinski definition) is 5. The maximum Gasteiger partial charge on any atom is 0.307 e. The summed E-state index contributed by atoms with van der Waals surface area (Å²) in [6.07, 6.45) is 4.65. The van der Waals surface area contributed by atoms with E-state index >= 15 is 0 Å². The Bertz CT molecular complexity index is 402. The summed E-state index contributed by atoms with van der Waals surface area (Å²) in [5.74, 6) is -0.472. The summed E-state index contributed by atoms with van der Waals surface area (Å²) >= 11 is 0. The molecule has 1 amide bonds. The Morgan fingerprint density at radius 2 is 2.05 bits per heavy atom. The molecule has 1 aliphatic heterocycles. The molecule has 2 atom stereocenters. The summed E-state index contributed by atoms with van der Waals surface area (Å²) in [7, 11) is 2.93. The second-order valence-corrected chi connectivity index (χ2v) is 6.08. The van der Waals surface area contributed by atoms with Crippen molar-refractivity contribution in [2.75, 3.05) is 14.2 Å². The second kappa shape index (κ2) is 5.33. The topological polar surface area (TPSA) is 78.9 Å². The molecule has 2 fully saturated rings. The van der Waals surface area contributed by atoms with Gasteiger partial charge in [-0.1, -0.05) is 19.3 Å². The molecule has 2 N–H and O–H groups in total. The molecule has 1 heterocycles. The molecule has 2 aliphatic rings. The van der Waals surface area contributed by atoms with Gasteiger partial charge in [-0.25, -0.2) is 0 Å². The molecule has 20 heavy (non-hydrogen) atoms. The van der Waals surface area contributed by atoms with Crippen molar-refractivity contribution < 1.29 is 19.4 Å². The lowest BCUT2D eigenvalue weighted by molar-refractivity contribution is -0.186. The second-order valence-electron chi connectivity index (χ2n) is 6.08. The van der Waals surface area contributed by atoms with Gasteiger partial charge in [0, 0.05) is 7.05 Å². The summed E-state index contributed by atoms with van der Waals surface area (Å²) in [5, 5.41) is 13.8. The van der Waals surface area contributed by atoms with Crippen molar-refractivity contribution in [1.29, 1.82) is 0 Å². The average molecular weight is 284 g/mol. The largest absolute Gasteiger partial charge is 0.469 e. The molecular weight excluding hydrogens is 260 g/mol. The lowest BCUT2D eigenvalue weighted by Gasteiger charge is -2.54. The molecule has 0 radical (unpaired) electrons. The molecule has 0 aromatic carbocycles. The molecule has 1 saturated heterocycles. The van der Waals surface area contributed by atoms with Crippen molar-refractivity contribution in [2.24, 2.45) is 0 Å². The van der Waals surface area contributed by atoms with Gasteiger partial charge in [-0.2, -0.15) is 0 Å². The fraction of sp³-hybridized carbons (Fsp3) is 0.857. The number of piperazine rings is 1. The highest BCUT2D eigenvalue weighted by Crippen LogP contribution is 2.37. The SMILES string of the molecule is COC(=O)C[C@@H]1NC2(CCCCC2)C(=O)N(C)[C@@]1(C)O. The molecule has 6 heteroatoms. The number of esters is 1. The molecular formula is C14H24N2O4. The first-order valence-corrected chi connectivity index (χ1v) is 7.18. The fourth-order valence-electron chi connectivity index (χ4n) is 3.30. The van der Waals surface area contributed by atoms with Gasteiger partial charge < -0.3 is 14.7 Å². The number of carbonyl (C=O) groups excluding carboxylic acids is 2. The Morgan fingerprint density at radius 1 is 1.45 bits per heavy atom. The van der Waals surface area contributed by atoms with E-state index in [9.17, 15) is 14.7 Å². The highest BCUT2D eigenvalue weighted by atomic mass is 16.5. The Hall–Kier alpha value is -1.14. The number of nitrogens with zero attached hydrogens (tertiary/aromatic N) is 1. The minimum absolute atomic E-state index is 0.0445. The van der Waals surface area contributed by atoms with E-state index in [1.165, 1.54) is 12.0 Å². The quantitative estimate of drug-likeness (QED) is 0.717. The van der Waals surface area contributed by atoms with Gasteiger partial charge in [0.2, 0.25) is 5.91 Å². The van der Waals surface area contributed by atoms with E-state index in [2.05, 4.69) is 5.32 Å². The third kappa shape index (κ3) is 2.42. The van der Waals surface area contributed by atoms with E-state index in [0.717, 1.165) is 32.1 Å². The van der Waals surface area contributed by atoms with Crippen LogP contribution in [0.2, 0.25) is 0 Å². The van der Waals surface area contributed by atoms with Crippen LogP contribution in [0.25, 0.3) is 0 Å². The minimum Gasteiger partial charge on any atom is -0.469 e. The fourth-order valence-corrected chi connectivity index (χ4v) is 3.30. The zero-order valence-corrected chi connectivity index (χ0v) is 12.4. The number of hydrogen-bond donors (Lipinski definition) is 2. The first kappa shape index (κ1) is 15.3. The van der Waals surface area contributed by atoms with Gasteiger partial charge >= 0.3 is 5.97 Å². The Morgan fingerprint density at radius 3 is 2.60 bits per heavy atom. The number of carbonyl (C=O) groups is 2. The Balaban J connectivity index is 2.26. The van der Waals surface area contributed by atoms with Crippen molar-refractivity contribution >= 4 is 11.9 Å². The maximum absolute atomic E-state index is 12.6. The van der Waals surface area contributed by atoms with Gasteiger partial charge in [0.1, 0.15) is 0 Å². The van der Waals surface area contributed by atoms with Crippen LogP contribution in [-0.4, -0.2) is 53.3 Å². The van der Waals surface area contributed by atoms with Gasteiger partial charge in [0.15, 0.2) is 5.72 Å². The van der Waals surface area contributed by atoms with Gasteiger partial charge in [0.05, 0.1) is 25.1 Å². The number of methoxy groups -OCH3 is 1. The monoisotopic (exact) mass is 284 g/mol.